The number of hydrogen-bond acceptors (Lipinski definition) is 5. The van der Waals surface area contributed by atoms with E-state index in [-0.39, 0.29) is 13.2 Å². The highest BCUT2D eigenvalue weighted by molar-refractivity contribution is 7.10. The van der Waals surface area contributed by atoms with Gasteiger partial charge in [0.25, 0.3) is 0 Å². The van der Waals surface area contributed by atoms with E-state index in [1.54, 1.807) is 11.3 Å². The van der Waals surface area contributed by atoms with Crippen LogP contribution in [0.1, 0.15) is 29.7 Å². The van der Waals surface area contributed by atoms with Crippen LogP contribution in [0.2, 0.25) is 0 Å². The molecule has 2 N–H and O–H groups in total. The fraction of sp³-hybridized carbons (Fsp3) is 0.625. The number of aliphatic hydroxyl groups is 2. The molecule has 0 atom stereocenters. The van der Waals surface area contributed by atoms with Crippen molar-refractivity contribution >= 4 is 11.3 Å². The zero-order valence-corrected chi connectivity index (χ0v) is 13.1. The number of ether oxygens (including phenoxy) is 1. The first-order valence-electron chi connectivity index (χ1n) is 7.44. The maximum Gasteiger partial charge on any atom is 0.0701 e. The monoisotopic (exact) mass is 309 g/mol. The molecule has 0 unspecified atom stereocenters. The number of likely N-dealkylation sites (tertiary alicyclic amines) is 1. The molecule has 5 heteroatoms. The lowest BCUT2D eigenvalue weighted by molar-refractivity contribution is -0.00887. The first-order chi connectivity index (χ1) is 10.3. The van der Waals surface area contributed by atoms with E-state index < -0.39 is 0 Å². The summed E-state index contributed by atoms with van der Waals surface area (Å²) in [5.74, 6) is 6.13. The molecule has 1 aliphatic rings. The minimum absolute atomic E-state index is 0.102. The quantitative estimate of drug-likeness (QED) is 0.781. The Kier molecular flexibility index (Phi) is 7.20. The molecule has 0 saturated carbocycles. The molecule has 1 aromatic rings. The molecule has 1 fully saturated rings. The van der Waals surface area contributed by atoms with Gasteiger partial charge in [-0.05, 0) is 24.3 Å². The van der Waals surface area contributed by atoms with E-state index in [0.29, 0.717) is 19.1 Å². The van der Waals surface area contributed by atoms with E-state index in [0.717, 1.165) is 38.0 Å². The second-order valence-corrected chi connectivity index (χ2v) is 6.10. The summed E-state index contributed by atoms with van der Waals surface area (Å²) in [6.07, 6.45) is 2.87. The van der Waals surface area contributed by atoms with Crippen LogP contribution in [-0.2, 0) is 11.3 Å². The lowest BCUT2D eigenvalue weighted by Gasteiger charge is -2.31. The van der Waals surface area contributed by atoms with Crippen molar-refractivity contribution in [3.8, 4) is 11.8 Å². The first kappa shape index (κ1) is 16.5. The van der Waals surface area contributed by atoms with Crippen LogP contribution in [0, 0.1) is 11.8 Å². The van der Waals surface area contributed by atoms with Gasteiger partial charge in [0.2, 0.25) is 0 Å². The molecule has 116 valence electrons. The second-order valence-electron chi connectivity index (χ2n) is 5.10. The largest absolute Gasteiger partial charge is 0.395 e. The smallest absolute Gasteiger partial charge is 0.0701 e. The highest BCUT2D eigenvalue weighted by Gasteiger charge is 2.20. The summed E-state index contributed by atoms with van der Waals surface area (Å²) in [6.45, 7) is 3.65. The Morgan fingerprint density at radius 1 is 1.29 bits per heavy atom. The van der Waals surface area contributed by atoms with Gasteiger partial charge in [-0.1, -0.05) is 11.8 Å². The summed E-state index contributed by atoms with van der Waals surface area (Å²) in [7, 11) is 0. The number of rotatable bonds is 6. The summed E-state index contributed by atoms with van der Waals surface area (Å²) in [5.41, 5.74) is 1.09. The fourth-order valence-electron chi connectivity index (χ4n) is 2.44. The van der Waals surface area contributed by atoms with Crippen molar-refractivity contribution in [1.29, 1.82) is 0 Å². The third kappa shape index (κ3) is 5.42. The summed E-state index contributed by atoms with van der Waals surface area (Å²) >= 11 is 1.74. The second kappa shape index (κ2) is 9.19. The van der Waals surface area contributed by atoms with Crippen LogP contribution < -0.4 is 0 Å². The Balaban J connectivity index is 1.81. The van der Waals surface area contributed by atoms with Crippen LogP contribution in [0.25, 0.3) is 0 Å². The van der Waals surface area contributed by atoms with Crippen LogP contribution in [0.15, 0.2) is 11.4 Å². The molecule has 1 aliphatic heterocycles. The highest BCUT2D eigenvalue weighted by atomic mass is 32.1. The zero-order chi connectivity index (χ0) is 14.9. The van der Waals surface area contributed by atoms with Crippen LogP contribution >= 0.6 is 11.3 Å². The van der Waals surface area contributed by atoms with Crippen molar-refractivity contribution in [3.63, 3.8) is 0 Å². The lowest BCUT2D eigenvalue weighted by Crippen LogP contribution is -2.36. The number of thiophene rings is 1. The Morgan fingerprint density at radius 3 is 2.81 bits per heavy atom. The number of piperidine rings is 1. The zero-order valence-electron chi connectivity index (χ0n) is 12.3. The molecule has 1 aromatic heterocycles. The average molecular weight is 309 g/mol. The molecule has 4 nitrogen and oxygen atoms in total. The van der Waals surface area contributed by atoms with Crippen molar-refractivity contribution in [2.45, 2.75) is 31.9 Å². The van der Waals surface area contributed by atoms with Crippen molar-refractivity contribution in [2.24, 2.45) is 0 Å². The van der Waals surface area contributed by atoms with Gasteiger partial charge >= 0.3 is 0 Å². The Labute approximate surface area is 130 Å². The SMILES string of the molecule is OCCC#Cc1ccsc1CN1CCC(OCCO)CC1. The van der Waals surface area contributed by atoms with Gasteiger partial charge in [-0.15, -0.1) is 11.3 Å². The van der Waals surface area contributed by atoms with Crippen molar-refractivity contribution in [1.82, 2.24) is 4.90 Å². The molecule has 2 rings (SSSR count). The number of hydrogen-bond donors (Lipinski definition) is 2. The summed E-state index contributed by atoms with van der Waals surface area (Å²) in [5, 5.41) is 19.6. The van der Waals surface area contributed by atoms with Crippen LogP contribution in [0.5, 0.6) is 0 Å². The summed E-state index contributed by atoms with van der Waals surface area (Å²) < 4.78 is 5.58. The third-order valence-corrected chi connectivity index (χ3v) is 4.46. The molecule has 0 bridgehead atoms. The van der Waals surface area contributed by atoms with E-state index >= 15 is 0 Å². The van der Waals surface area contributed by atoms with Crippen LogP contribution in [-0.4, -0.2) is 54.1 Å². The third-order valence-electron chi connectivity index (χ3n) is 3.55. The van der Waals surface area contributed by atoms with E-state index in [1.807, 2.05) is 0 Å². The van der Waals surface area contributed by atoms with Crippen LogP contribution in [0.4, 0.5) is 0 Å². The molecule has 0 radical (unpaired) electrons. The first-order valence-corrected chi connectivity index (χ1v) is 8.32. The van der Waals surface area contributed by atoms with Gasteiger partial charge in [-0.2, -0.15) is 0 Å². The molecule has 0 aromatic carbocycles. The van der Waals surface area contributed by atoms with Crippen molar-refractivity contribution in [2.75, 3.05) is 32.9 Å². The summed E-state index contributed by atoms with van der Waals surface area (Å²) in [6, 6.07) is 2.06. The van der Waals surface area contributed by atoms with Gasteiger partial charge in [0, 0.05) is 36.5 Å². The van der Waals surface area contributed by atoms with Gasteiger partial charge in [-0.25, -0.2) is 0 Å². The summed E-state index contributed by atoms with van der Waals surface area (Å²) in [4.78, 5) is 3.73. The van der Waals surface area contributed by atoms with E-state index in [4.69, 9.17) is 14.9 Å². The topological polar surface area (TPSA) is 52.9 Å². The number of nitrogens with zero attached hydrogens (tertiary/aromatic N) is 1. The normalized spacial score (nSPS) is 16.7. The minimum Gasteiger partial charge on any atom is -0.395 e. The maximum absolute atomic E-state index is 8.78. The van der Waals surface area contributed by atoms with Gasteiger partial charge in [0.05, 0.1) is 25.9 Å². The van der Waals surface area contributed by atoms with E-state index in [1.165, 1.54) is 4.88 Å². The molecule has 0 aliphatic carbocycles. The number of aliphatic hydroxyl groups excluding tert-OH is 2. The van der Waals surface area contributed by atoms with Gasteiger partial charge in [0.1, 0.15) is 0 Å². The minimum atomic E-state index is 0.102. The van der Waals surface area contributed by atoms with Crippen molar-refractivity contribution < 1.29 is 14.9 Å². The van der Waals surface area contributed by atoms with Gasteiger partial charge < -0.3 is 14.9 Å². The van der Waals surface area contributed by atoms with E-state index in [9.17, 15) is 0 Å². The standard InChI is InChI=1S/C16H23NO3S/c18-9-2-1-3-14-6-12-21-16(14)13-17-7-4-15(5-8-17)20-11-10-19/h6,12,15,18-19H,2,4-5,7-11,13H2. The highest BCUT2D eigenvalue weighted by Crippen LogP contribution is 2.21. The fourth-order valence-corrected chi connectivity index (χ4v) is 3.32. The van der Waals surface area contributed by atoms with Gasteiger partial charge in [0.15, 0.2) is 0 Å². The van der Waals surface area contributed by atoms with Crippen LogP contribution in [0.3, 0.4) is 0 Å². The van der Waals surface area contributed by atoms with Gasteiger partial charge in [-0.3, -0.25) is 4.90 Å². The molecule has 1 saturated heterocycles. The van der Waals surface area contributed by atoms with Crippen molar-refractivity contribution in [3.05, 3.63) is 21.9 Å². The molecule has 0 amide bonds. The molecule has 0 spiro atoms. The molecular weight excluding hydrogens is 286 g/mol. The van der Waals surface area contributed by atoms with E-state index in [2.05, 4.69) is 28.2 Å². The maximum atomic E-state index is 8.78. The predicted octanol–water partition coefficient (Wildman–Crippen LogP) is 1.46. The predicted molar refractivity (Wildman–Crippen MR) is 84.2 cm³/mol. The molecular formula is C16H23NO3S. The molecule has 21 heavy (non-hydrogen) atoms. The lowest BCUT2D eigenvalue weighted by atomic mass is 10.1. The average Bonchev–Trinajstić information content (AvgIpc) is 2.94. The Hall–Kier alpha value is -0.900. The Bertz CT molecular complexity index is 469. The molecule has 2 heterocycles. The Morgan fingerprint density at radius 2 is 2.10 bits per heavy atom.